The van der Waals surface area contributed by atoms with E-state index in [-0.39, 0.29) is 11.7 Å². The molecule has 1 fully saturated rings. The third-order valence-electron chi connectivity index (χ3n) is 4.24. The largest absolute Gasteiger partial charge is 0.409 e. The van der Waals surface area contributed by atoms with Crippen LogP contribution in [0.25, 0.3) is 0 Å². The summed E-state index contributed by atoms with van der Waals surface area (Å²) in [7, 11) is 0. The van der Waals surface area contributed by atoms with E-state index in [4.69, 9.17) is 10.9 Å². The third-order valence-corrected chi connectivity index (χ3v) is 4.24. The molecule has 5 nitrogen and oxygen atoms in total. The van der Waals surface area contributed by atoms with Gasteiger partial charge in [0, 0.05) is 6.54 Å². The van der Waals surface area contributed by atoms with Crippen molar-refractivity contribution in [2.75, 3.05) is 6.54 Å². The van der Waals surface area contributed by atoms with Gasteiger partial charge in [-0.05, 0) is 38.0 Å². The summed E-state index contributed by atoms with van der Waals surface area (Å²) in [5.74, 6) is -0.175. The van der Waals surface area contributed by atoms with Crippen LogP contribution < -0.4 is 11.1 Å². The number of amides is 1. The second-order valence-corrected chi connectivity index (χ2v) is 5.60. The molecule has 1 unspecified atom stereocenters. The number of nitrogens with two attached hydrogens (primary N) is 1. The van der Waals surface area contributed by atoms with Crippen molar-refractivity contribution in [3.8, 4) is 0 Å². The molecule has 0 spiro atoms. The average Bonchev–Trinajstić information content (AvgIpc) is 3.14. The van der Waals surface area contributed by atoms with Crippen LogP contribution in [0.4, 0.5) is 0 Å². The van der Waals surface area contributed by atoms with Crippen molar-refractivity contribution in [3.05, 3.63) is 0 Å². The summed E-state index contributed by atoms with van der Waals surface area (Å²) in [6.07, 6.45) is 5.18. The molecule has 0 saturated heterocycles. The highest BCUT2D eigenvalue weighted by Crippen LogP contribution is 2.49. The van der Waals surface area contributed by atoms with Crippen molar-refractivity contribution in [1.82, 2.24) is 5.32 Å². The van der Waals surface area contributed by atoms with E-state index in [1.807, 2.05) is 6.92 Å². The van der Waals surface area contributed by atoms with E-state index in [2.05, 4.69) is 17.4 Å². The van der Waals surface area contributed by atoms with Crippen LogP contribution in [0.1, 0.15) is 52.9 Å². The second kappa shape index (κ2) is 5.59. The Labute approximate surface area is 109 Å². The number of nitrogens with zero attached hydrogens (tertiary/aromatic N) is 1. The first-order chi connectivity index (χ1) is 8.44. The number of rotatable bonds is 7. The number of nitrogens with one attached hydrogen (secondary N) is 1. The molecule has 1 saturated carbocycles. The maximum absolute atomic E-state index is 12.2. The standard InChI is InChI=1S/C13H25N3O2/c1-4-6-13(7-8-13)9-15-11(17)12(3,5-2)10(14)16-18/h18H,4-9H2,1-3H3,(H2,14,16)(H,15,17). The Hall–Kier alpha value is -1.26. The van der Waals surface area contributed by atoms with Gasteiger partial charge in [-0.25, -0.2) is 0 Å². The van der Waals surface area contributed by atoms with E-state index < -0.39 is 5.41 Å². The van der Waals surface area contributed by atoms with Crippen LogP contribution in [0.15, 0.2) is 5.16 Å². The van der Waals surface area contributed by atoms with Crippen LogP contribution in [-0.2, 0) is 4.79 Å². The molecule has 1 amide bonds. The van der Waals surface area contributed by atoms with Gasteiger partial charge in [0.25, 0.3) is 0 Å². The number of amidine groups is 1. The summed E-state index contributed by atoms with van der Waals surface area (Å²) in [6.45, 7) is 6.43. The van der Waals surface area contributed by atoms with Gasteiger partial charge in [-0.2, -0.15) is 0 Å². The zero-order valence-electron chi connectivity index (χ0n) is 11.6. The normalized spacial score (nSPS) is 21.2. The molecular formula is C13H25N3O2. The van der Waals surface area contributed by atoms with E-state index >= 15 is 0 Å². The van der Waals surface area contributed by atoms with Gasteiger partial charge in [-0.1, -0.05) is 25.4 Å². The predicted molar refractivity (Wildman–Crippen MR) is 71.4 cm³/mol. The van der Waals surface area contributed by atoms with Crippen LogP contribution in [0.3, 0.4) is 0 Å². The molecule has 18 heavy (non-hydrogen) atoms. The molecule has 5 heteroatoms. The second-order valence-electron chi connectivity index (χ2n) is 5.60. The molecule has 0 heterocycles. The lowest BCUT2D eigenvalue weighted by Crippen LogP contribution is -2.48. The summed E-state index contributed by atoms with van der Waals surface area (Å²) < 4.78 is 0. The predicted octanol–water partition coefficient (Wildman–Crippen LogP) is 1.85. The molecule has 0 aromatic rings. The van der Waals surface area contributed by atoms with Crippen LogP contribution in [-0.4, -0.2) is 23.5 Å². The van der Waals surface area contributed by atoms with Gasteiger partial charge >= 0.3 is 0 Å². The van der Waals surface area contributed by atoms with Crippen LogP contribution in [0, 0.1) is 10.8 Å². The van der Waals surface area contributed by atoms with Crippen molar-refractivity contribution < 1.29 is 10.0 Å². The van der Waals surface area contributed by atoms with Crippen LogP contribution >= 0.6 is 0 Å². The smallest absolute Gasteiger partial charge is 0.233 e. The van der Waals surface area contributed by atoms with E-state index in [0.717, 1.165) is 12.8 Å². The Morgan fingerprint density at radius 1 is 1.50 bits per heavy atom. The van der Waals surface area contributed by atoms with Gasteiger partial charge < -0.3 is 16.3 Å². The van der Waals surface area contributed by atoms with E-state index in [0.29, 0.717) is 18.4 Å². The minimum Gasteiger partial charge on any atom is -0.409 e. The van der Waals surface area contributed by atoms with Crippen molar-refractivity contribution in [3.63, 3.8) is 0 Å². The highest BCUT2D eigenvalue weighted by Gasteiger charge is 2.43. The first-order valence-electron chi connectivity index (χ1n) is 6.70. The molecule has 104 valence electrons. The molecule has 0 radical (unpaired) electrons. The summed E-state index contributed by atoms with van der Waals surface area (Å²) in [5, 5.41) is 14.7. The lowest BCUT2D eigenvalue weighted by atomic mass is 9.85. The highest BCUT2D eigenvalue weighted by molar-refractivity contribution is 6.06. The Morgan fingerprint density at radius 2 is 2.11 bits per heavy atom. The van der Waals surface area contributed by atoms with E-state index in [1.54, 1.807) is 6.92 Å². The van der Waals surface area contributed by atoms with E-state index in [1.165, 1.54) is 12.8 Å². The maximum atomic E-state index is 12.2. The molecule has 1 atom stereocenters. The molecule has 0 aliphatic heterocycles. The maximum Gasteiger partial charge on any atom is 0.233 e. The number of carbonyl (C=O) groups is 1. The Balaban J connectivity index is 2.59. The fourth-order valence-electron chi connectivity index (χ4n) is 2.25. The summed E-state index contributed by atoms with van der Waals surface area (Å²) in [5.41, 5.74) is 5.01. The monoisotopic (exact) mass is 255 g/mol. The summed E-state index contributed by atoms with van der Waals surface area (Å²) in [6, 6.07) is 0. The Bertz CT molecular complexity index is 337. The molecule has 4 N–H and O–H groups in total. The number of hydrogen-bond acceptors (Lipinski definition) is 3. The number of hydrogen-bond donors (Lipinski definition) is 3. The van der Waals surface area contributed by atoms with Gasteiger partial charge in [0.2, 0.25) is 5.91 Å². The van der Waals surface area contributed by atoms with Gasteiger partial charge in [0.05, 0.1) is 0 Å². The average molecular weight is 255 g/mol. The zero-order valence-corrected chi connectivity index (χ0v) is 11.6. The number of oxime groups is 1. The van der Waals surface area contributed by atoms with Crippen molar-refractivity contribution in [1.29, 1.82) is 0 Å². The third kappa shape index (κ3) is 2.94. The zero-order chi connectivity index (χ0) is 13.8. The lowest BCUT2D eigenvalue weighted by Gasteiger charge is -2.26. The molecule has 1 rings (SSSR count). The summed E-state index contributed by atoms with van der Waals surface area (Å²) in [4.78, 5) is 12.2. The van der Waals surface area contributed by atoms with Crippen LogP contribution in [0.5, 0.6) is 0 Å². The first-order valence-corrected chi connectivity index (χ1v) is 6.70. The lowest BCUT2D eigenvalue weighted by molar-refractivity contribution is -0.127. The highest BCUT2D eigenvalue weighted by atomic mass is 16.4. The van der Waals surface area contributed by atoms with E-state index in [9.17, 15) is 4.79 Å². The Morgan fingerprint density at radius 3 is 2.50 bits per heavy atom. The van der Waals surface area contributed by atoms with Crippen molar-refractivity contribution in [2.45, 2.75) is 52.9 Å². The minimum absolute atomic E-state index is 0.0251. The first kappa shape index (κ1) is 14.8. The fraction of sp³-hybridized carbons (Fsp3) is 0.846. The van der Waals surface area contributed by atoms with Crippen molar-refractivity contribution in [2.24, 2.45) is 21.7 Å². The SMILES string of the molecule is CCCC1(CNC(=O)C(C)(CC)C(N)=NO)CC1. The molecule has 0 aromatic carbocycles. The van der Waals surface area contributed by atoms with Crippen molar-refractivity contribution >= 4 is 11.7 Å². The molecule has 0 bridgehead atoms. The summed E-state index contributed by atoms with van der Waals surface area (Å²) >= 11 is 0. The van der Waals surface area contributed by atoms with Gasteiger partial charge in [-0.15, -0.1) is 0 Å². The fourth-order valence-corrected chi connectivity index (χ4v) is 2.25. The molecule has 1 aliphatic rings. The van der Waals surface area contributed by atoms with Gasteiger partial charge in [0.1, 0.15) is 5.41 Å². The molecular weight excluding hydrogens is 230 g/mol. The minimum atomic E-state index is -0.920. The van der Waals surface area contributed by atoms with Gasteiger partial charge in [-0.3, -0.25) is 4.79 Å². The molecule has 1 aliphatic carbocycles. The van der Waals surface area contributed by atoms with Gasteiger partial charge in [0.15, 0.2) is 5.84 Å². The van der Waals surface area contributed by atoms with Crippen LogP contribution in [0.2, 0.25) is 0 Å². The topological polar surface area (TPSA) is 87.7 Å². The quantitative estimate of drug-likeness (QED) is 0.281. The molecule has 0 aromatic heterocycles. The Kier molecular flexibility index (Phi) is 4.59. The number of carbonyl (C=O) groups excluding carboxylic acids is 1.